The zero-order valence-corrected chi connectivity index (χ0v) is 13.8. The van der Waals surface area contributed by atoms with Crippen LogP contribution in [-0.4, -0.2) is 44.7 Å². The van der Waals surface area contributed by atoms with E-state index >= 15 is 0 Å². The highest BCUT2D eigenvalue weighted by molar-refractivity contribution is 8.00. The third-order valence-corrected chi connectivity index (χ3v) is 4.70. The van der Waals surface area contributed by atoms with Crippen molar-refractivity contribution in [3.63, 3.8) is 0 Å². The van der Waals surface area contributed by atoms with Gasteiger partial charge >= 0.3 is 5.97 Å². The third-order valence-electron chi connectivity index (χ3n) is 3.51. The van der Waals surface area contributed by atoms with Gasteiger partial charge in [0.2, 0.25) is 0 Å². The molecule has 24 heavy (non-hydrogen) atoms. The number of carboxylic acid groups (broad SMARTS) is 1. The molecular formula is C18H19NO4S. The van der Waals surface area contributed by atoms with Gasteiger partial charge in [0.1, 0.15) is 5.25 Å². The average molecular weight is 345 g/mol. The standard InChI is InChI=1S/C18H19NO4S/c20-10-11-24-17(18(21)22)12-16(19-23)15-8-6-14(7-9-15)13-4-2-1-3-5-13/h1-9,17,20,23H,10-12H2,(H,21,22). The fraction of sp³-hybridized carbons (Fsp3) is 0.222. The molecule has 0 heterocycles. The van der Waals surface area contributed by atoms with Gasteiger partial charge < -0.3 is 15.4 Å². The van der Waals surface area contributed by atoms with Gasteiger partial charge in [-0.25, -0.2) is 0 Å². The van der Waals surface area contributed by atoms with Gasteiger partial charge in [-0.05, 0) is 16.7 Å². The summed E-state index contributed by atoms with van der Waals surface area (Å²) in [7, 11) is 0. The quantitative estimate of drug-likeness (QED) is 0.388. The van der Waals surface area contributed by atoms with Gasteiger partial charge in [0.05, 0.1) is 12.3 Å². The van der Waals surface area contributed by atoms with Crippen LogP contribution in [0.2, 0.25) is 0 Å². The number of aliphatic hydroxyl groups is 1. The average Bonchev–Trinajstić information content (AvgIpc) is 2.63. The molecule has 0 bridgehead atoms. The third kappa shape index (κ3) is 4.84. The van der Waals surface area contributed by atoms with E-state index in [-0.39, 0.29) is 13.0 Å². The SMILES string of the molecule is O=C(O)C(CC(=NO)c1ccc(-c2ccccc2)cc1)SCCO. The Morgan fingerprint density at radius 3 is 2.21 bits per heavy atom. The maximum atomic E-state index is 11.3. The van der Waals surface area contributed by atoms with Gasteiger partial charge in [0, 0.05) is 12.2 Å². The molecule has 0 radical (unpaired) electrons. The summed E-state index contributed by atoms with van der Waals surface area (Å²) in [6.45, 7) is -0.0914. The minimum atomic E-state index is -0.990. The van der Waals surface area contributed by atoms with Crippen molar-refractivity contribution >= 4 is 23.4 Å². The molecule has 126 valence electrons. The van der Waals surface area contributed by atoms with Crippen molar-refractivity contribution in [2.75, 3.05) is 12.4 Å². The summed E-state index contributed by atoms with van der Waals surface area (Å²) in [6.07, 6.45) is 0.0845. The molecule has 1 atom stereocenters. The largest absolute Gasteiger partial charge is 0.480 e. The molecule has 2 rings (SSSR count). The normalized spacial score (nSPS) is 12.8. The number of aliphatic carboxylic acids is 1. The fourth-order valence-electron chi connectivity index (χ4n) is 2.29. The van der Waals surface area contributed by atoms with E-state index in [4.69, 9.17) is 5.11 Å². The highest BCUT2D eigenvalue weighted by Gasteiger charge is 2.21. The monoisotopic (exact) mass is 345 g/mol. The van der Waals surface area contributed by atoms with Gasteiger partial charge in [-0.1, -0.05) is 59.8 Å². The molecule has 0 aromatic heterocycles. The van der Waals surface area contributed by atoms with E-state index in [0.29, 0.717) is 17.0 Å². The van der Waals surface area contributed by atoms with Gasteiger partial charge in [0.25, 0.3) is 0 Å². The molecule has 1 unspecified atom stereocenters. The molecule has 6 heteroatoms. The van der Waals surface area contributed by atoms with Crippen LogP contribution in [0.3, 0.4) is 0 Å². The molecule has 3 N–H and O–H groups in total. The summed E-state index contributed by atoms with van der Waals surface area (Å²) in [5, 5.41) is 29.9. The maximum absolute atomic E-state index is 11.3. The molecule has 0 aliphatic carbocycles. The molecule has 0 aliphatic heterocycles. The van der Waals surface area contributed by atoms with Crippen LogP contribution in [0.5, 0.6) is 0 Å². The first-order chi connectivity index (χ1) is 11.7. The number of thioether (sulfide) groups is 1. The Balaban J connectivity index is 2.14. The van der Waals surface area contributed by atoms with Crippen molar-refractivity contribution in [1.29, 1.82) is 0 Å². The first-order valence-electron chi connectivity index (χ1n) is 7.47. The first-order valence-corrected chi connectivity index (χ1v) is 8.52. The minimum absolute atomic E-state index is 0.0845. The van der Waals surface area contributed by atoms with Crippen LogP contribution in [-0.2, 0) is 4.79 Å². The number of hydrogen-bond donors (Lipinski definition) is 3. The Morgan fingerprint density at radius 2 is 1.67 bits per heavy atom. The smallest absolute Gasteiger partial charge is 0.317 e. The second-order valence-corrected chi connectivity index (χ2v) is 6.43. The molecule has 0 fully saturated rings. The van der Waals surface area contributed by atoms with Crippen molar-refractivity contribution < 1.29 is 20.2 Å². The predicted octanol–water partition coefficient (Wildman–Crippen LogP) is 3.10. The molecule has 0 aliphatic rings. The highest BCUT2D eigenvalue weighted by Crippen LogP contribution is 2.22. The summed E-state index contributed by atoms with van der Waals surface area (Å²) < 4.78 is 0. The maximum Gasteiger partial charge on any atom is 0.317 e. The van der Waals surface area contributed by atoms with Crippen LogP contribution >= 0.6 is 11.8 Å². The predicted molar refractivity (Wildman–Crippen MR) is 95.8 cm³/mol. The lowest BCUT2D eigenvalue weighted by Gasteiger charge is -2.13. The molecule has 0 saturated heterocycles. The molecule has 2 aromatic carbocycles. The molecule has 0 saturated carbocycles. The van der Waals surface area contributed by atoms with Crippen molar-refractivity contribution in [3.8, 4) is 11.1 Å². The Labute approximate surface area is 144 Å². The molecule has 2 aromatic rings. The zero-order valence-electron chi connectivity index (χ0n) is 13.0. The minimum Gasteiger partial charge on any atom is -0.480 e. The summed E-state index contributed by atoms with van der Waals surface area (Å²) in [5.74, 6) is -0.668. The van der Waals surface area contributed by atoms with Crippen LogP contribution in [0, 0.1) is 0 Å². The van der Waals surface area contributed by atoms with Crippen LogP contribution in [0.4, 0.5) is 0 Å². The Morgan fingerprint density at radius 1 is 1.04 bits per heavy atom. The number of oxime groups is 1. The van der Waals surface area contributed by atoms with Crippen LogP contribution in [0.25, 0.3) is 11.1 Å². The molecular weight excluding hydrogens is 326 g/mol. The van der Waals surface area contributed by atoms with E-state index in [9.17, 15) is 15.1 Å². The van der Waals surface area contributed by atoms with Crippen LogP contribution in [0.1, 0.15) is 12.0 Å². The molecule has 0 spiro atoms. The Kier molecular flexibility index (Phi) is 6.84. The second kappa shape index (κ2) is 9.10. The highest BCUT2D eigenvalue weighted by atomic mass is 32.2. The van der Waals surface area contributed by atoms with Crippen molar-refractivity contribution in [3.05, 3.63) is 60.2 Å². The van der Waals surface area contributed by atoms with E-state index in [1.807, 2.05) is 54.6 Å². The van der Waals surface area contributed by atoms with Crippen molar-refractivity contribution in [2.24, 2.45) is 5.16 Å². The van der Waals surface area contributed by atoms with Crippen LogP contribution < -0.4 is 0 Å². The summed E-state index contributed by atoms with van der Waals surface area (Å²) >= 11 is 1.13. The lowest BCUT2D eigenvalue weighted by atomic mass is 10.0. The van der Waals surface area contributed by atoms with E-state index in [1.54, 1.807) is 0 Å². The van der Waals surface area contributed by atoms with Crippen LogP contribution in [0.15, 0.2) is 59.8 Å². The lowest BCUT2D eigenvalue weighted by Crippen LogP contribution is -2.22. The zero-order chi connectivity index (χ0) is 17.4. The second-order valence-electron chi connectivity index (χ2n) is 5.12. The topological polar surface area (TPSA) is 90.1 Å². The number of rotatable bonds is 8. The van der Waals surface area contributed by atoms with Gasteiger partial charge in [-0.3, -0.25) is 4.79 Å². The molecule has 5 nitrogen and oxygen atoms in total. The fourth-order valence-corrected chi connectivity index (χ4v) is 3.10. The number of carboxylic acids is 1. The summed E-state index contributed by atoms with van der Waals surface area (Å²) in [4.78, 5) is 11.3. The van der Waals surface area contributed by atoms with E-state index < -0.39 is 11.2 Å². The Bertz CT molecular complexity index is 686. The molecule has 0 amide bonds. The number of benzene rings is 2. The van der Waals surface area contributed by atoms with E-state index in [0.717, 1.165) is 22.9 Å². The van der Waals surface area contributed by atoms with Gasteiger partial charge in [-0.2, -0.15) is 0 Å². The van der Waals surface area contributed by atoms with E-state index in [2.05, 4.69) is 5.16 Å². The lowest BCUT2D eigenvalue weighted by molar-refractivity contribution is -0.136. The first kappa shape index (κ1) is 18.0. The van der Waals surface area contributed by atoms with Crippen molar-refractivity contribution in [1.82, 2.24) is 0 Å². The Hall–Kier alpha value is -2.31. The number of aliphatic hydroxyl groups excluding tert-OH is 1. The number of nitrogens with zero attached hydrogens (tertiary/aromatic N) is 1. The van der Waals surface area contributed by atoms with E-state index in [1.165, 1.54) is 0 Å². The number of hydrogen-bond acceptors (Lipinski definition) is 5. The van der Waals surface area contributed by atoms with Gasteiger partial charge in [-0.15, -0.1) is 11.8 Å². The summed E-state index contributed by atoms with van der Waals surface area (Å²) in [6, 6.07) is 17.3. The van der Waals surface area contributed by atoms with Gasteiger partial charge in [0.15, 0.2) is 0 Å². The van der Waals surface area contributed by atoms with Crippen molar-refractivity contribution in [2.45, 2.75) is 11.7 Å². The number of carbonyl (C=O) groups is 1. The summed E-state index contributed by atoms with van der Waals surface area (Å²) in [5.41, 5.74) is 3.09.